The van der Waals surface area contributed by atoms with Crippen LogP contribution in [-0.2, 0) is 6.54 Å². The van der Waals surface area contributed by atoms with Gasteiger partial charge in [0.15, 0.2) is 0 Å². The SMILES string of the molecule is Cc1nccc(-c2cccc(N3CCC(NCc4ccc(C)o4)CC3)c2)n1. The Labute approximate surface area is 160 Å². The molecule has 0 aliphatic carbocycles. The highest BCUT2D eigenvalue weighted by atomic mass is 16.3. The first-order valence-electron chi connectivity index (χ1n) is 9.61. The molecule has 0 radical (unpaired) electrons. The smallest absolute Gasteiger partial charge is 0.125 e. The summed E-state index contributed by atoms with van der Waals surface area (Å²) in [6.07, 6.45) is 4.09. The quantitative estimate of drug-likeness (QED) is 0.740. The fraction of sp³-hybridized carbons (Fsp3) is 0.364. The maximum atomic E-state index is 5.65. The predicted octanol–water partition coefficient (Wildman–Crippen LogP) is 4.11. The summed E-state index contributed by atoms with van der Waals surface area (Å²) >= 11 is 0. The van der Waals surface area contributed by atoms with E-state index in [9.17, 15) is 0 Å². The van der Waals surface area contributed by atoms with Crippen LogP contribution in [0, 0.1) is 13.8 Å². The second-order valence-corrected chi connectivity index (χ2v) is 7.19. The van der Waals surface area contributed by atoms with Gasteiger partial charge in [0, 0.05) is 36.6 Å². The van der Waals surface area contributed by atoms with E-state index in [1.807, 2.05) is 32.2 Å². The van der Waals surface area contributed by atoms with Crippen LogP contribution in [0.15, 0.2) is 53.1 Å². The van der Waals surface area contributed by atoms with E-state index in [2.05, 4.69) is 50.5 Å². The third-order valence-electron chi connectivity index (χ3n) is 5.14. The molecule has 0 bridgehead atoms. The molecule has 1 N–H and O–H groups in total. The van der Waals surface area contributed by atoms with Gasteiger partial charge in [-0.1, -0.05) is 12.1 Å². The van der Waals surface area contributed by atoms with E-state index in [1.54, 1.807) is 0 Å². The molecule has 0 amide bonds. The van der Waals surface area contributed by atoms with Gasteiger partial charge < -0.3 is 14.6 Å². The number of nitrogens with one attached hydrogen (secondary N) is 1. The van der Waals surface area contributed by atoms with Crippen LogP contribution < -0.4 is 10.2 Å². The second kappa shape index (κ2) is 7.92. The van der Waals surface area contributed by atoms with Gasteiger partial charge >= 0.3 is 0 Å². The van der Waals surface area contributed by atoms with Crippen molar-refractivity contribution in [3.05, 3.63) is 66.0 Å². The molecule has 1 saturated heterocycles. The van der Waals surface area contributed by atoms with Crippen LogP contribution in [-0.4, -0.2) is 29.1 Å². The molecule has 0 saturated carbocycles. The number of hydrogen-bond donors (Lipinski definition) is 1. The summed E-state index contributed by atoms with van der Waals surface area (Å²) < 4.78 is 5.65. The predicted molar refractivity (Wildman–Crippen MR) is 108 cm³/mol. The molecule has 2 aromatic heterocycles. The number of anilines is 1. The molecule has 0 unspecified atom stereocenters. The maximum absolute atomic E-state index is 5.65. The molecule has 1 fully saturated rings. The summed E-state index contributed by atoms with van der Waals surface area (Å²) in [5.74, 6) is 2.79. The fourth-order valence-corrected chi connectivity index (χ4v) is 3.65. The minimum absolute atomic E-state index is 0.541. The summed E-state index contributed by atoms with van der Waals surface area (Å²) in [7, 11) is 0. The standard InChI is InChI=1S/C22H26N4O/c1-16-6-7-21(27-16)15-24-19-9-12-26(13-10-19)20-5-3-4-18(14-20)22-8-11-23-17(2)25-22/h3-8,11,14,19,24H,9-10,12-13,15H2,1-2H3. The van der Waals surface area contributed by atoms with Gasteiger partial charge in [-0.15, -0.1) is 0 Å². The molecule has 3 aromatic rings. The van der Waals surface area contributed by atoms with Gasteiger partial charge in [0.05, 0.1) is 12.2 Å². The lowest BCUT2D eigenvalue weighted by Gasteiger charge is -2.34. The van der Waals surface area contributed by atoms with Crippen LogP contribution in [0.5, 0.6) is 0 Å². The Kier molecular flexibility index (Phi) is 5.21. The molecule has 27 heavy (non-hydrogen) atoms. The molecule has 0 spiro atoms. The lowest BCUT2D eigenvalue weighted by Crippen LogP contribution is -2.42. The Balaban J connectivity index is 1.36. The van der Waals surface area contributed by atoms with Crippen LogP contribution in [0.4, 0.5) is 5.69 Å². The largest absolute Gasteiger partial charge is 0.465 e. The zero-order valence-electron chi connectivity index (χ0n) is 16.0. The average molecular weight is 362 g/mol. The lowest BCUT2D eigenvalue weighted by molar-refractivity contribution is 0.384. The van der Waals surface area contributed by atoms with E-state index in [-0.39, 0.29) is 0 Å². The Bertz CT molecular complexity index is 897. The molecule has 5 nitrogen and oxygen atoms in total. The second-order valence-electron chi connectivity index (χ2n) is 7.19. The van der Waals surface area contributed by atoms with Crippen molar-refractivity contribution in [1.29, 1.82) is 0 Å². The van der Waals surface area contributed by atoms with Crippen molar-refractivity contribution in [2.45, 2.75) is 39.3 Å². The van der Waals surface area contributed by atoms with Crippen molar-refractivity contribution in [1.82, 2.24) is 15.3 Å². The van der Waals surface area contributed by atoms with Crippen molar-refractivity contribution in [3.63, 3.8) is 0 Å². The molecule has 5 heteroatoms. The van der Waals surface area contributed by atoms with E-state index >= 15 is 0 Å². The zero-order chi connectivity index (χ0) is 18.6. The number of aromatic nitrogens is 2. The first-order chi connectivity index (χ1) is 13.2. The summed E-state index contributed by atoms with van der Waals surface area (Å²) in [6, 6.07) is 15.2. The minimum Gasteiger partial charge on any atom is -0.465 e. The van der Waals surface area contributed by atoms with E-state index in [4.69, 9.17) is 4.42 Å². The molecular weight excluding hydrogens is 336 g/mol. The first kappa shape index (κ1) is 17.7. The van der Waals surface area contributed by atoms with Gasteiger partial charge in [-0.2, -0.15) is 0 Å². The molecule has 140 valence electrons. The van der Waals surface area contributed by atoms with Crippen LogP contribution in [0.1, 0.15) is 30.2 Å². The van der Waals surface area contributed by atoms with Crippen molar-refractivity contribution >= 4 is 5.69 Å². The highest BCUT2D eigenvalue weighted by molar-refractivity contribution is 5.65. The molecule has 0 atom stereocenters. The average Bonchev–Trinajstić information content (AvgIpc) is 3.12. The van der Waals surface area contributed by atoms with Crippen LogP contribution in [0.2, 0.25) is 0 Å². The third-order valence-corrected chi connectivity index (χ3v) is 5.14. The van der Waals surface area contributed by atoms with Crippen LogP contribution in [0.3, 0.4) is 0 Å². The first-order valence-corrected chi connectivity index (χ1v) is 9.61. The minimum atomic E-state index is 0.541. The normalized spacial score (nSPS) is 15.3. The zero-order valence-corrected chi connectivity index (χ0v) is 16.0. The fourth-order valence-electron chi connectivity index (χ4n) is 3.65. The lowest BCUT2D eigenvalue weighted by atomic mass is 10.0. The molecule has 1 aromatic carbocycles. The van der Waals surface area contributed by atoms with E-state index < -0.39 is 0 Å². The monoisotopic (exact) mass is 362 g/mol. The number of piperidine rings is 1. The van der Waals surface area contributed by atoms with Gasteiger partial charge in [-0.3, -0.25) is 0 Å². The maximum Gasteiger partial charge on any atom is 0.125 e. The molecule has 1 aliphatic rings. The number of rotatable bonds is 5. The topological polar surface area (TPSA) is 54.2 Å². The van der Waals surface area contributed by atoms with E-state index in [0.717, 1.165) is 61.1 Å². The number of furan rings is 1. The molecule has 3 heterocycles. The van der Waals surface area contributed by atoms with Gasteiger partial charge in [0.2, 0.25) is 0 Å². The number of benzene rings is 1. The number of aryl methyl sites for hydroxylation is 2. The molecule has 4 rings (SSSR count). The van der Waals surface area contributed by atoms with Gasteiger partial charge in [-0.25, -0.2) is 9.97 Å². The highest BCUT2D eigenvalue weighted by Crippen LogP contribution is 2.26. The van der Waals surface area contributed by atoms with Crippen LogP contribution in [0.25, 0.3) is 11.3 Å². The summed E-state index contributed by atoms with van der Waals surface area (Å²) in [6.45, 7) is 6.83. The number of nitrogens with zero attached hydrogens (tertiary/aromatic N) is 3. The van der Waals surface area contributed by atoms with Crippen LogP contribution >= 0.6 is 0 Å². The van der Waals surface area contributed by atoms with Gasteiger partial charge in [0.1, 0.15) is 17.3 Å². The van der Waals surface area contributed by atoms with E-state index in [1.165, 1.54) is 5.69 Å². The summed E-state index contributed by atoms with van der Waals surface area (Å²) in [5, 5.41) is 3.63. The Morgan fingerprint density at radius 1 is 1.11 bits per heavy atom. The molecular formula is C22H26N4O. The summed E-state index contributed by atoms with van der Waals surface area (Å²) in [5.41, 5.74) is 3.39. The van der Waals surface area contributed by atoms with Gasteiger partial charge in [-0.05, 0) is 57.0 Å². The van der Waals surface area contributed by atoms with Crippen molar-refractivity contribution in [3.8, 4) is 11.3 Å². The van der Waals surface area contributed by atoms with Crippen molar-refractivity contribution < 1.29 is 4.42 Å². The van der Waals surface area contributed by atoms with Gasteiger partial charge in [0.25, 0.3) is 0 Å². The Morgan fingerprint density at radius 3 is 2.70 bits per heavy atom. The summed E-state index contributed by atoms with van der Waals surface area (Å²) in [4.78, 5) is 11.2. The number of hydrogen-bond acceptors (Lipinski definition) is 5. The van der Waals surface area contributed by atoms with E-state index in [0.29, 0.717) is 6.04 Å². The van der Waals surface area contributed by atoms with Crippen molar-refractivity contribution in [2.75, 3.05) is 18.0 Å². The third kappa shape index (κ3) is 4.37. The Hall–Kier alpha value is -2.66. The van der Waals surface area contributed by atoms with Crippen molar-refractivity contribution in [2.24, 2.45) is 0 Å². The molecule has 1 aliphatic heterocycles. The highest BCUT2D eigenvalue weighted by Gasteiger charge is 2.19. The Morgan fingerprint density at radius 2 is 1.96 bits per heavy atom.